The molecule has 0 amide bonds. The second-order valence-electron chi connectivity index (χ2n) is 10.4. The second-order valence-corrected chi connectivity index (χ2v) is 10.4. The van der Waals surface area contributed by atoms with E-state index in [0.717, 1.165) is 44.4 Å². The van der Waals surface area contributed by atoms with Crippen molar-refractivity contribution in [3.05, 3.63) is 103 Å². The first-order chi connectivity index (χ1) is 19.4. The average Bonchev–Trinajstić information content (AvgIpc) is 3.64. The summed E-state index contributed by atoms with van der Waals surface area (Å²) in [5, 5.41) is 10.4. The number of nitrogen functional groups attached to an aromatic ring is 1. The molecule has 0 unspecified atom stereocenters. The first-order valence-electron chi connectivity index (χ1n) is 13.3. The minimum absolute atomic E-state index is 0.0792. The van der Waals surface area contributed by atoms with Crippen LogP contribution in [0.5, 0.6) is 0 Å². The maximum Gasteiger partial charge on any atom is 0.261 e. The number of hydrogen-bond acceptors (Lipinski definition) is 5. The highest BCUT2D eigenvalue weighted by Crippen LogP contribution is 2.36. The van der Waals surface area contributed by atoms with Gasteiger partial charge in [-0.25, -0.2) is 18.3 Å². The lowest BCUT2D eigenvalue weighted by molar-refractivity contribution is 0.0115. The number of aromatic nitrogens is 5. The fourth-order valence-electron chi connectivity index (χ4n) is 5.56. The van der Waals surface area contributed by atoms with Gasteiger partial charge in [0.25, 0.3) is 5.92 Å². The van der Waals surface area contributed by atoms with Gasteiger partial charge in [0, 0.05) is 42.2 Å². The van der Waals surface area contributed by atoms with Gasteiger partial charge < -0.3 is 5.73 Å². The summed E-state index contributed by atoms with van der Waals surface area (Å²) in [7, 11) is 0. The van der Waals surface area contributed by atoms with Crippen molar-refractivity contribution in [1.29, 1.82) is 0 Å². The van der Waals surface area contributed by atoms with E-state index in [1.165, 1.54) is 11.9 Å². The third-order valence-electron chi connectivity index (χ3n) is 7.54. The predicted molar refractivity (Wildman–Crippen MR) is 152 cm³/mol. The Bertz CT molecular complexity index is 1820. The molecule has 3 aromatic heterocycles. The molecule has 7 rings (SSSR count). The van der Waals surface area contributed by atoms with Crippen molar-refractivity contribution in [3.8, 4) is 22.4 Å². The van der Waals surface area contributed by atoms with Crippen molar-refractivity contribution in [2.75, 3.05) is 18.8 Å². The van der Waals surface area contributed by atoms with Gasteiger partial charge in [0.15, 0.2) is 5.82 Å². The Kier molecular flexibility index (Phi) is 5.82. The first kappa shape index (κ1) is 24.4. The maximum atomic E-state index is 13.6. The summed E-state index contributed by atoms with van der Waals surface area (Å²) < 4.78 is 31.0. The molecule has 1 aliphatic rings. The van der Waals surface area contributed by atoms with Crippen LogP contribution in [0.15, 0.2) is 91.4 Å². The minimum Gasteiger partial charge on any atom is -0.382 e. The number of fused-ring (bicyclic) bond motifs is 2. The van der Waals surface area contributed by atoms with Gasteiger partial charge in [-0.2, -0.15) is 10.2 Å². The molecule has 7 nitrogen and oxygen atoms in total. The van der Waals surface area contributed by atoms with Crippen LogP contribution in [0.25, 0.3) is 38.8 Å². The second kappa shape index (κ2) is 9.53. The Morgan fingerprint density at radius 2 is 1.65 bits per heavy atom. The lowest BCUT2D eigenvalue weighted by atomic mass is 10.0. The van der Waals surface area contributed by atoms with Crippen molar-refractivity contribution in [2.45, 2.75) is 25.4 Å². The Morgan fingerprint density at radius 3 is 2.42 bits per heavy atom. The molecule has 0 spiro atoms. The monoisotopic (exact) mass is 535 g/mol. The molecule has 0 bridgehead atoms. The molecular weight excluding hydrogens is 508 g/mol. The number of likely N-dealkylation sites (tertiary alicyclic amines) is 1. The van der Waals surface area contributed by atoms with Gasteiger partial charge in [-0.3, -0.25) is 9.58 Å². The van der Waals surface area contributed by atoms with E-state index in [1.54, 1.807) is 4.90 Å². The van der Waals surface area contributed by atoms with E-state index in [9.17, 15) is 8.78 Å². The molecule has 0 aliphatic carbocycles. The zero-order valence-electron chi connectivity index (χ0n) is 21.7. The van der Waals surface area contributed by atoms with Crippen LogP contribution in [0.1, 0.15) is 17.5 Å². The van der Waals surface area contributed by atoms with Crippen LogP contribution in [0.3, 0.4) is 0 Å². The molecule has 200 valence electrons. The number of benzene rings is 3. The van der Waals surface area contributed by atoms with Gasteiger partial charge in [-0.1, -0.05) is 66.7 Å². The van der Waals surface area contributed by atoms with E-state index < -0.39 is 5.92 Å². The first-order valence-corrected chi connectivity index (χ1v) is 13.3. The summed E-state index contributed by atoms with van der Waals surface area (Å²) in [5.74, 6) is -2.21. The Labute approximate surface area is 229 Å². The van der Waals surface area contributed by atoms with E-state index in [0.29, 0.717) is 25.5 Å². The van der Waals surface area contributed by atoms with Crippen molar-refractivity contribution < 1.29 is 8.78 Å². The lowest BCUT2D eigenvalue weighted by Crippen LogP contribution is -2.24. The van der Waals surface area contributed by atoms with Crippen LogP contribution in [0.2, 0.25) is 0 Å². The topological polar surface area (TPSA) is 77.3 Å². The lowest BCUT2D eigenvalue weighted by Gasteiger charge is -2.15. The van der Waals surface area contributed by atoms with Gasteiger partial charge in [0.05, 0.1) is 24.3 Å². The Morgan fingerprint density at radius 1 is 0.875 bits per heavy atom. The van der Waals surface area contributed by atoms with Crippen molar-refractivity contribution in [3.63, 3.8) is 0 Å². The highest BCUT2D eigenvalue weighted by Gasteiger charge is 2.37. The van der Waals surface area contributed by atoms with Crippen LogP contribution < -0.4 is 5.73 Å². The SMILES string of the molecule is Nc1ncnn2c(-c3ccc(CN4CCC(F)(F)C4)cc3)cc(-c3ccc4cn(Cc5ccccc5)nc4c3)c12. The summed E-state index contributed by atoms with van der Waals surface area (Å²) in [6.07, 6.45) is 3.42. The van der Waals surface area contributed by atoms with Crippen molar-refractivity contribution in [2.24, 2.45) is 0 Å². The van der Waals surface area contributed by atoms with Gasteiger partial charge in [-0.15, -0.1) is 0 Å². The number of nitrogens with two attached hydrogens (primary N) is 1. The molecule has 6 aromatic rings. The van der Waals surface area contributed by atoms with E-state index in [2.05, 4.69) is 52.7 Å². The number of nitrogens with zero attached hydrogens (tertiary/aromatic N) is 6. The molecule has 0 radical (unpaired) electrons. The third kappa shape index (κ3) is 4.58. The van der Waals surface area contributed by atoms with E-state index >= 15 is 0 Å². The Hall–Kier alpha value is -4.63. The number of alkyl halides is 2. The summed E-state index contributed by atoms with van der Waals surface area (Å²) in [5.41, 5.74) is 13.9. The van der Waals surface area contributed by atoms with E-state index in [1.807, 2.05) is 51.7 Å². The normalized spacial score (nSPS) is 15.3. The molecule has 2 N–H and O–H groups in total. The van der Waals surface area contributed by atoms with Crippen LogP contribution >= 0.6 is 0 Å². The van der Waals surface area contributed by atoms with Gasteiger partial charge in [-0.05, 0) is 28.8 Å². The highest BCUT2D eigenvalue weighted by atomic mass is 19.3. The molecule has 3 aromatic carbocycles. The molecule has 40 heavy (non-hydrogen) atoms. The van der Waals surface area contributed by atoms with Crippen molar-refractivity contribution in [1.82, 2.24) is 29.3 Å². The van der Waals surface area contributed by atoms with Gasteiger partial charge in [0.2, 0.25) is 0 Å². The fourth-order valence-corrected chi connectivity index (χ4v) is 5.56. The molecule has 0 atom stereocenters. The number of rotatable bonds is 6. The van der Waals surface area contributed by atoms with Crippen molar-refractivity contribution >= 4 is 22.2 Å². The number of anilines is 1. The molecule has 4 heterocycles. The molecular formula is C31H27F2N7. The van der Waals surface area contributed by atoms with Crippen LogP contribution in [-0.4, -0.2) is 48.3 Å². The van der Waals surface area contributed by atoms with Gasteiger partial charge in [0.1, 0.15) is 11.8 Å². The molecule has 0 saturated carbocycles. The Balaban J connectivity index is 1.22. The maximum absolute atomic E-state index is 13.6. The summed E-state index contributed by atoms with van der Waals surface area (Å²) in [6, 6.07) is 26.5. The summed E-state index contributed by atoms with van der Waals surface area (Å²) >= 11 is 0. The zero-order valence-corrected chi connectivity index (χ0v) is 21.7. The largest absolute Gasteiger partial charge is 0.382 e. The van der Waals surface area contributed by atoms with E-state index in [-0.39, 0.29) is 13.0 Å². The predicted octanol–water partition coefficient (Wildman–Crippen LogP) is 5.88. The van der Waals surface area contributed by atoms with Crippen LogP contribution in [-0.2, 0) is 13.1 Å². The fraction of sp³-hybridized carbons (Fsp3) is 0.194. The number of halogens is 2. The van der Waals surface area contributed by atoms with Crippen LogP contribution in [0.4, 0.5) is 14.6 Å². The highest BCUT2D eigenvalue weighted by molar-refractivity contribution is 5.94. The molecule has 1 saturated heterocycles. The summed E-state index contributed by atoms with van der Waals surface area (Å²) in [4.78, 5) is 6.05. The molecule has 1 aliphatic heterocycles. The van der Waals surface area contributed by atoms with Crippen LogP contribution in [0, 0.1) is 0 Å². The minimum atomic E-state index is -2.59. The third-order valence-corrected chi connectivity index (χ3v) is 7.54. The summed E-state index contributed by atoms with van der Waals surface area (Å²) in [6.45, 7) is 1.42. The van der Waals surface area contributed by atoms with Gasteiger partial charge >= 0.3 is 0 Å². The quantitative estimate of drug-likeness (QED) is 0.288. The molecule has 9 heteroatoms. The zero-order chi connectivity index (χ0) is 27.3. The standard InChI is InChI=1S/C31H27F2N7/c32-31(33)12-13-38(19-31)16-22-6-8-23(9-7-22)28-15-26(29-30(34)35-20-36-40(28)29)24-10-11-25-18-39(37-27(25)14-24)17-21-4-2-1-3-5-21/h1-11,14-15,18,20H,12-13,16-17,19H2,(H2,34,35,36). The van der Waals surface area contributed by atoms with E-state index in [4.69, 9.17) is 10.8 Å². The average molecular weight is 536 g/mol. The molecule has 1 fully saturated rings. The smallest absolute Gasteiger partial charge is 0.261 e. The number of hydrogen-bond donors (Lipinski definition) is 1.